The van der Waals surface area contributed by atoms with Crippen LogP contribution in [-0.2, 0) is 20.0 Å². The van der Waals surface area contributed by atoms with Crippen LogP contribution in [0.1, 0.15) is 31.1 Å². The van der Waals surface area contributed by atoms with Gasteiger partial charge in [-0.05, 0) is 69.3 Å². The second kappa shape index (κ2) is 8.39. The Labute approximate surface area is 174 Å². The number of sulfone groups is 1. The molecule has 2 rings (SSSR count). The Kier molecular flexibility index (Phi) is 6.51. The zero-order chi connectivity index (χ0) is 22.7. The lowest BCUT2D eigenvalue weighted by atomic mass is 10.1. The summed E-state index contributed by atoms with van der Waals surface area (Å²) >= 11 is 0. The minimum atomic E-state index is -4.48. The Morgan fingerprint density at radius 3 is 1.83 bits per heavy atom. The Morgan fingerprint density at radius 2 is 1.40 bits per heavy atom. The Hall–Kier alpha value is -3.01. The topological polar surface area (TPSA) is 140 Å². The lowest BCUT2D eigenvalue weighted by Crippen LogP contribution is -2.26. The van der Waals surface area contributed by atoms with Gasteiger partial charge in [-0.2, -0.15) is 8.42 Å². The molecule has 0 aliphatic rings. The fraction of sp³-hybridized carbons (Fsp3) is 0.263. The number of ketones is 1. The monoisotopic (exact) mass is 452 g/mol. The van der Waals surface area contributed by atoms with Gasteiger partial charge in [0, 0.05) is 5.56 Å². The van der Waals surface area contributed by atoms with E-state index in [2.05, 4.69) is 8.97 Å². The van der Waals surface area contributed by atoms with Gasteiger partial charge in [-0.15, -0.1) is 4.79 Å². The van der Waals surface area contributed by atoms with Crippen LogP contribution in [0.5, 0.6) is 11.5 Å². The summed E-state index contributed by atoms with van der Waals surface area (Å²) in [6, 6.07) is 9.98. The van der Waals surface area contributed by atoms with E-state index in [0.717, 1.165) is 30.5 Å². The van der Waals surface area contributed by atoms with Gasteiger partial charge in [-0.1, -0.05) is 0 Å². The third-order valence-corrected chi connectivity index (χ3v) is 5.63. The third-order valence-electron chi connectivity index (χ3n) is 3.46. The number of ether oxygens (including phenoxy) is 1. The summed E-state index contributed by atoms with van der Waals surface area (Å²) in [5.74, 6) is -0.651. The van der Waals surface area contributed by atoms with Crippen molar-refractivity contribution in [3.63, 3.8) is 0 Å². The second-order valence-electron chi connectivity index (χ2n) is 7.24. The van der Waals surface area contributed by atoms with Crippen molar-refractivity contribution < 1.29 is 35.3 Å². The maximum atomic E-state index is 12.7. The quantitative estimate of drug-likeness (QED) is 0.164. The van der Waals surface area contributed by atoms with E-state index in [1.54, 1.807) is 0 Å². The van der Waals surface area contributed by atoms with E-state index in [1.807, 2.05) is 20.8 Å². The first-order valence-electron chi connectivity index (χ1n) is 8.53. The van der Waals surface area contributed by atoms with Crippen molar-refractivity contribution in [3.05, 3.63) is 59.6 Å². The normalized spacial score (nSPS) is 12.0. The molecule has 0 unspecified atom stereocenters. The standard InChI is InChI=1S/C19H20N2O7S2/c1-19(2,3)27-14-7-5-13(6-8-14)17(22)18(21-20)30(25,26)16-11-9-15(10-12-16)28-29(4,23)24/h5-12H,1-4H3. The molecular formula is C19H20N2O7S2. The highest BCUT2D eigenvalue weighted by molar-refractivity contribution is 8.08. The predicted molar refractivity (Wildman–Crippen MR) is 109 cm³/mol. The number of nitrogens with zero attached hydrogens (tertiary/aromatic N) is 2. The smallest absolute Gasteiger partial charge is 0.456 e. The van der Waals surface area contributed by atoms with Crippen LogP contribution in [0.15, 0.2) is 53.4 Å². The molecule has 0 bridgehead atoms. The summed E-state index contributed by atoms with van der Waals surface area (Å²) in [6.45, 7) is 5.55. The van der Waals surface area contributed by atoms with E-state index >= 15 is 0 Å². The molecule has 0 N–H and O–H groups in total. The summed E-state index contributed by atoms with van der Waals surface area (Å²) in [5, 5.41) is -1.08. The summed E-state index contributed by atoms with van der Waals surface area (Å²) in [4.78, 5) is 15.0. The molecule has 30 heavy (non-hydrogen) atoms. The molecule has 0 radical (unpaired) electrons. The van der Waals surface area contributed by atoms with Gasteiger partial charge in [0.25, 0.3) is 15.6 Å². The van der Waals surface area contributed by atoms with E-state index in [1.165, 1.54) is 24.3 Å². The Bertz CT molecular complexity index is 1200. The van der Waals surface area contributed by atoms with E-state index in [0.29, 0.717) is 5.75 Å². The summed E-state index contributed by atoms with van der Waals surface area (Å²) < 4.78 is 58.0. The van der Waals surface area contributed by atoms with Crippen molar-refractivity contribution in [1.29, 1.82) is 0 Å². The first kappa shape index (κ1) is 23.3. The number of hydrogen-bond acceptors (Lipinski definition) is 7. The molecule has 0 heterocycles. The summed E-state index contributed by atoms with van der Waals surface area (Å²) in [6.07, 6.45) is 0.838. The van der Waals surface area contributed by atoms with Gasteiger partial charge in [0.1, 0.15) is 17.1 Å². The van der Waals surface area contributed by atoms with Crippen molar-refractivity contribution >= 4 is 30.8 Å². The molecule has 0 atom stereocenters. The van der Waals surface area contributed by atoms with Crippen molar-refractivity contribution in [1.82, 2.24) is 0 Å². The molecule has 2 aromatic rings. The molecule has 0 saturated carbocycles. The van der Waals surface area contributed by atoms with E-state index in [4.69, 9.17) is 4.74 Å². The van der Waals surface area contributed by atoms with Crippen LogP contribution in [-0.4, -0.2) is 44.3 Å². The molecule has 0 aliphatic heterocycles. The van der Waals surface area contributed by atoms with E-state index in [9.17, 15) is 27.2 Å². The Balaban J connectivity index is 2.31. The zero-order valence-electron chi connectivity index (χ0n) is 16.7. The SMILES string of the molecule is CC(C)(C)Oc1ccc(C(=O)C(=[N+]=[N-])S(=O)(=O)c2ccc(OS(C)(=O)=O)cc2)cc1. The van der Waals surface area contributed by atoms with E-state index in [-0.39, 0.29) is 16.2 Å². The van der Waals surface area contributed by atoms with Crippen LogP contribution >= 0.6 is 0 Å². The molecule has 0 aliphatic carbocycles. The minimum absolute atomic E-state index is 0.0235. The average Bonchev–Trinajstić information content (AvgIpc) is 2.60. The second-order valence-corrected chi connectivity index (χ2v) is 10.7. The fourth-order valence-electron chi connectivity index (χ4n) is 2.33. The number of rotatable bonds is 6. The summed E-state index contributed by atoms with van der Waals surface area (Å²) in [5.41, 5.74) is 8.75. The van der Waals surface area contributed by atoms with Gasteiger partial charge in [0.2, 0.25) is 0 Å². The molecule has 2 aromatic carbocycles. The van der Waals surface area contributed by atoms with Crippen LogP contribution in [0.2, 0.25) is 0 Å². The maximum Gasteiger partial charge on any atom is 0.456 e. The van der Waals surface area contributed by atoms with Gasteiger partial charge < -0.3 is 14.5 Å². The average molecular weight is 453 g/mol. The van der Waals surface area contributed by atoms with Crippen LogP contribution in [0.4, 0.5) is 0 Å². The number of carbonyl (C=O) groups is 1. The van der Waals surface area contributed by atoms with Crippen molar-refractivity contribution in [2.75, 3.05) is 6.26 Å². The minimum Gasteiger partial charge on any atom is -0.488 e. The molecule has 9 nitrogen and oxygen atoms in total. The zero-order valence-corrected chi connectivity index (χ0v) is 18.3. The van der Waals surface area contributed by atoms with Crippen molar-refractivity contribution in [2.45, 2.75) is 31.3 Å². The van der Waals surface area contributed by atoms with E-state index < -0.39 is 36.4 Å². The number of carbonyl (C=O) groups excluding carboxylic acids is 1. The van der Waals surface area contributed by atoms with Gasteiger partial charge >= 0.3 is 15.2 Å². The maximum absolute atomic E-state index is 12.7. The highest BCUT2D eigenvalue weighted by Crippen LogP contribution is 2.22. The number of hydrogen-bond donors (Lipinski definition) is 0. The summed E-state index contributed by atoms with van der Waals surface area (Å²) in [7, 11) is -8.27. The molecule has 0 fully saturated rings. The van der Waals surface area contributed by atoms with Gasteiger partial charge in [-0.25, -0.2) is 8.42 Å². The largest absolute Gasteiger partial charge is 0.488 e. The lowest BCUT2D eigenvalue weighted by molar-refractivity contribution is -0.00158. The Morgan fingerprint density at radius 1 is 0.900 bits per heavy atom. The van der Waals surface area contributed by atoms with Crippen LogP contribution in [0.25, 0.3) is 5.53 Å². The van der Waals surface area contributed by atoms with Gasteiger partial charge in [0.15, 0.2) is 0 Å². The molecule has 0 spiro atoms. The number of benzene rings is 2. The van der Waals surface area contributed by atoms with Crippen LogP contribution in [0, 0.1) is 0 Å². The first-order chi connectivity index (χ1) is 13.7. The molecule has 0 saturated heterocycles. The highest BCUT2D eigenvalue weighted by atomic mass is 32.2. The predicted octanol–water partition coefficient (Wildman–Crippen LogP) is 2.49. The lowest BCUT2D eigenvalue weighted by Gasteiger charge is -2.21. The van der Waals surface area contributed by atoms with Gasteiger partial charge in [0.05, 0.1) is 11.2 Å². The van der Waals surface area contributed by atoms with Crippen LogP contribution < -0.4 is 8.92 Å². The van der Waals surface area contributed by atoms with Crippen LogP contribution in [0.3, 0.4) is 0 Å². The first-order valence-corrected chi connectivity index (χ1v) is 11.8. The molecule has 160 valence electrons. The van der Waals surface area contributed by atoms with Gasteiger partial charge in [-0.3, -0.25) is 4.79 Å². The molecule has 0 aromatic heterocycles. The molecular weight excluding hydrogens is 432 g/mol. The van der Waals surface area contributed by atoms with Crippen molar-refractivity contribution in [3.8, 4) is 11.5 Å². The fourth-order valence-corrected chi connectivity index (χ4v) is 3.98. The molecule has 0 amide bonds. The van der Waals surface area contributed by atoms with Crippen molar-refractivity contribution in [2.24, 2.45) is 0 Å². The molecule has 11 heteroatoms. The highest BCUT2D eigenvalue weighted by Gasteiger charge is 2.38. The number of Topliss-reactive ketones (excluding diaryl/α,β-unsaturated/α-hetero) is 1. The third kappa shape index (κ3) is 5.99.